The Bertz CT molecular complexity index is 368. The molecule has 56 valence electrons. The van der Waals surface area contributed by atoms with Crippen LogP contribution in [0.3, 0.4) is 0 Å². The molecule has 0 spiro atoms. The van der Waals surface area contributed by atoms with E-state index in [-0.39, 0.29) is 0 Å². The number of nitrogens with zero attached hydrogens (tertiary/aromatic N) is 2. The van der Waals surface area contributed by atoms with Crippen LogP contribution < -0.4 is 4.74 Å². The number of hydrogen-bond acceptors (Lipinski definition) is 3. The second kappa shape index (κ2) is 2.23. The first-order valence-corrected chi connectivity index (χ1v) is 3.24. The summed E-state index contributed by atoms with van der Waals surface area (Å²) in [5.41, 5.74) is 1.79. The van der Waals surface area contributed by atoms with Crippen LogP contribution in [-0.2, 0) is 0 Å². The fraction of sp³-hybridized carbons (Fsp3) is 0.143. The van der Waals surface area contributed by atoms with E-state index < -0.39 is 0 Å². The molecule has 2 heterocycles. The van der Waals surface area contributed by atoms with Gasteiger partial charge in [0.25, 0.3) is 0 Å². The van der Waals surface area contributed by atoms with E-state index in [1.165, 1.54) is 0 Å². The summed E-state index contributed by atoms with van der Waals surface area (Å²) in [6.07, 6.45) is 3.51. The number of methoxy groups -OCH3 is 1. The van der Waals surface area contributed by atoms with E-state index >= 15 is 0 Å². The molecule has 0 amide bonds. The lowest BCUT2D eigenvalue weighted by Gasteiger charge is -1.94. The first-order valence-electron chi connectivity index (χ1n) is 3.24. The normalized spacial score (nSPS) is 10.3. The average Bonchev–Trinajstić information content (AvgIpc) is 2.50. The average molecular weight is 149 g/mol. The van der Waals surface area contributed by atoms with Crippen molar-refractivity contribution < 1.29 is 4.74 Å². The Labute approximate surface area is 63.2 Å². The highest BCUT2D eigenvalue weighted by Crippen LogP contribution is 2.10. The fourth-order valence-electron chi connectivity index (χ4n) is 0.925. The molecule has 0 aromatic carbocycles. The smallest absolute Gasteiger partial charge is 0.316 e. The van der Waals surface area contributed by atoms with Gasteiger partial charge in [-0.05, 0) is 6.07 Å². The molecule has 0 saturated carbocycles. The zero-order valence-corrected chi connectivity index (χ0v) is 6.03. The molecule has 11 heavy (non-hydrogen) atoms. The fourth-order valence-corrected chi connectivity index (χ4v) is 0.925. The minimum absolute atomic E-state index is 0.400. The van der Waals surface area contributed by atoms with Crippen LogP contribution >= 0.6 is 0 Å². The van der Waals surface area contributed by atoms with Crippen LogP contribution in [-0.4, -0.2) is 22.1 Å². The van der Waals surface area contributed by atoms with E-state index in [1.807, 2.05) is 12.3 Å². The number of aromatic amines is 1. The maximum atomic E-state index is 4.86. The van der Waals surface area contributed by atoms with Crippen molar-refractivity contribution in [3.63, 3.8) is 0 Å². The van der Waals surface area contributed by atoms with E-state index in [4.69, 9.17) is 4.74 Å². The van der Waals surface area contributed by atoms with E-state index in [9.17, 15) is 0 Å². The molecule has 0 saturated heterocycles. The van der Waals surface area contributed by atoms with Gasteiger partial charge >= 0.3 is 6.01 Å². The number of aromatic nitrogens is 3. The van der Waals surface area contributed by atoms with Gasteiger partial charge in [0.05, 0.1) is 24.3 Å². The first-order chi connectivity index (χ1) is 5.40. The van der Waals surface area contributed by atoms with Gasteiger partial charge in [-0.15, -0.1) is 0 Å². The van der Waals surface area contributed by atoms with Gasteiger partial charge in [0.15, 0.2) is 0 Å². The SMILES string of the molecule is COc1ncc2[nH]ccc2n1. The highest BCUT2D eigenvalue weighted by atomic mass is 16.5. The summed E-state index contributed by atoms with van der Waals surface area (Å²) in [6.45, 7) is 0. The van der Waals surface area contributed by atoms with Gasteiger partial charge in [-0.25, -0.2) is 4.98 Å². The minimum Gasteiger partial charge on any atom is -0.467 e. The Hall–Kier alpha value is -1.58. The predicted octanol–water partition coefficient (Wildman–Crippen LogP) is 0.966. The maximum Gasteiger partial charge on any atom is 0.316 e. The Morgan fingerprint density at radius 3 is 3.27 bits per heavy atom. The largest absolute Gasteiger partial charge is 0.467 e. The lowest BCUT2D eigenvalue weighted by atomic mass is 10.5. The zero-order chi connectivity index (χ0) is 7.68. The van der Waals surface area contributed by atoms with E-state index in [2.05, 4.69) is 15.0 Å². The van der Waals surface area contributed by atoms with Crippen molar-refractivity contribution in [1.82, 2.24) is 15.0 Å². The first kappa shape index (κ1) is 6.15. The summed E-state index contributed by atoms with van der Waals surface area (Å²) in [5.74, 6) is 0. The van der Waals surface area contributed by atoms with Gasteiger partial charge < -0.3 is 9.72 Å². The van der Waals surface area contributed by atoms with Crippen LogP contribution in [0, 0.1) is 0 Å². The lowest BCUT2D eigenvalue weighted by molar-refractivity contribution is 0.382. The van der Waals surface area contributed by atoms with Crippen LogP contribution in [0.4, 0.5) is 0 Å². The molecule has 0 atom stereocenters. The standard InChI is InChI=1S/C7H7N3O/c1-11-7-9-4-6-5(10-7)2-3-8-6/h2-4,8H,1H3. The molecular formula is C7H7N3O. The van der Waals surface area contributed by atoms with Gasteiger partial charge in [0.1, 0.15) is 0 Å². The van der Waals surface area contributed by atoms with Crippen molar-refractivity contribution in [2.24, 2.45) is 0 Å². The molecule has 0 bridgehead atoms. The van der Waals surface area contributed by atoms with Gasteiger partial charge in [-0.1, -0.05) is 0 Å². The predicted molar refractivity (Wildman–Crippen MR) is 40.4 cm³/mol. The molecule has 2 aromatic rings. The molecule has 0 fully saturated rings. The van der Waals surface area contributed by atoms with Crippen molar-refractivity contribution in [2.75, 3.05) is 7.11 Å². The number of H-pyrrole nitrogens is 1. The molecule has 0 aliphatic carbocycles. The van der Waals surface area contributed by atoms with Crippen LogP contribution in [0.15, 0.2) is 18.5 Å². The molecule has 4 heteroatoms. The molecule has 0 aliphatic rings. The second-order valence-corrected chi connectivity index (χ2v) is 2.13. The Balaban J connectivity index is 2.67. The monoisotopic (exact) mass is 149 g/mol. The van der Waals surface area contributed by atoms with E-state index in [0.717, 1.165) is 11.0 Å². The number of nitrogens with one attached hydrogen (secondary N) is 1. The van der Waals surface area contributed by atoms with Crippen LogP contribution in [0.5, 0.6) is 6.01 Å². The van der Waals surface area contributed by atoms with Gasteiger partial charge in [0.2, 0.25) is 0 Å². The molecule has 1 N–H and O–H groups in total. The number of rotatable bonds is 1. The third kappa shape index (κ3) is 0.920. The topological polar surface area (TPSA) is 50.8 Å². The summed E-state index contributed by atoms with van der Waals surface area (Å²) in [6, 6.07) is 2.27. The Kier molecular flexibility index (Phi) is 1.25. The molecule has 2 aromatic heterocycles. The van der Waals surface area contributed by atoms with Crippen LogP contribution in [0.1, 0.15) is 0 Å². The third-order valence-electron chi connectivity index (χ3n) is 1.46. The van der Waals surface area contributed by atoms with Crippen molar-refractivity contribution in [3.05, 3.63) is 18.5 Å². The Morgan fingerprint density at radius 1 is 1.55 bits per heavy atom. The van der Waals surface area contributed by atoms with Gasteiger partial charge in [-0.3, -0.25) is 0 Å². The highest BCUT2D eigenvalue weighted by Gasteiger charge is 1.97. The maximum absolute atomic E-state index is 4.86. The van der Waals surface area contributed by atoms with Gasteiger partial charge in [-0.2, -0.15) is 4.98 Å². The van der Waals surface area contributed by atoms with Crippen molar-refractivity contribution in [1.29, 1.82) is 0 Å². The lowest BCUT2D eigenvalue weighted by Crippen LogP contribution is -1.90. The summed E-state index contributed by atoms with van der Waals surface area (Å²) >= 11 is 0. The van der Waals surface area contributed by atoms with Crippen molar-refractivity contribution in [3.8, 4) is 6.01 Å². The number of ether oxygens (including phenoxy) is 1. The quantitative estimate of drug-likeness (QED) is 0.657. The molecule has 4 nitrogen and oxygen atoms in total. The highest BCUT2D eigenvalue weighted by molar-refractivity contribution is 5.73. The third-order valence-corrected chi connectivity index (χ3v) is 1.46. The Morgan fingerprint density at radius 2 is 2.45 bits per heavy atom. The van der Waals surface area contributed by atoms with Crippen molar-refractivity contribution in [2.45, 2.75) is 0 Å². The van der Waals surface area contributed by atoms with Crippen LogP contribution in [0.2, 0.25) is 0 Å². The second-order valence-electron chi connectivity index (χ2n) is 2.13. The molecular weight excluding hydrogens is 142 g/mol. The molecule has 2 rings (SSSR count). The van der Waals surface area contributed by atoms with E-state index in [0.29, 0.717) is 6.01 Å². The zero-order valence-electron chi connectivity index (χ0n) is 6.03. The summed E-state index contributed by atoms with van der Waals surface area (Å²) in [5, 5.41) is 0. The number of fused-ring (bicyclic) bond motifs is 1. The number of hydrogen-bond donors (Lipinski definition) is 1. The minimum atomic E-state index is 0.400. The summed E-state index contributed by atoms with van der Waals surface area (Å²) in [4.78, 5) is 11.0. The summed E-state index contributed by atoms with van der Waals surface area (Å²) < 4.78 is 4.86. The summed E-state index contributed by atoms with van der Waals surface area (Å²) in [7, 11) is 1.55. The molecule has 0 aliphatic heterocycles. The van der Waals surface area contributed by atoms with E-state index in [1.54, 1.807) is 13.3 Å². The van der Waals surface area contributed by atoms with Gasteiger partial charge in [0, 0.05) is 6.20 Å². The molecule has 0 unspecified atom stereocenters. The molecule has 0 radical (unpaired) electrons. The van der Waals surface area contributed by atoms with Crippen LogP contribution in [0.25, 0.3) is 11.0 Å². The van der Waals surface area contributed by atoms with Crippen molar-refractivity contribution >= 4 is 11.0 Å².